The van der Waals surface area contributed by atoms with E-state index in [-0.39, 0.29) is 24.8 Å². The van der Waals surface area contributed by atoms with Gasteiger partial charge in [-0.1, -0.05) is 19.1 Å². The fraction of sp³-hybridized carbons (Fsp3) is 0.278. The summed E-state index contributed by atoms with van der Waals surface area (Å²) in [7, 11) is 0. The van der Waals surface area contributed by atoms with Gasteiger partial charge in [0.05, 0.1) is 26.5 Å². The summed E-state index contributed by atoms with van der Waals surface area (Å²) in [4.78, 5) is 30.1. The zero-order valence-corrected chi connectivity index (χ0v) is 14.9. The number of aryl methyl sites for hydroxylation is 2. The van der Waals surface area contributed by atoms with Gasteiger partial charge >= 0.3 is 5.97 Å². The second kappa shape index (κ2) is 7.68. The van der Waals surface area contributed by atoms with E-state index >= 15 is 0 Å². The second-order valence-corrected chi connectivity index (χ2v) is 7.56. The van der Waals surface area contributed by atoms with Gasteiger partial charge in [-0.3, -0.25) is 9.59 Å². The lowest BCUT2D eigenvalue weighted by Gasteiger charge is -2.02. The van der Waals surface area contributed by atoms with E-state index in [0.717, 1.165) is 26.5 Å². The summed E-state index contributed by atoms with van der Waals surface area (Å²) in [6.45, 7) is 1.85. The van der Waals surface area contributed by atoms with Crippen molar-refractivity contribution in [2.75, 3.05) is 6.61 Å². The van der Waals surface area contributed by atoms with Gasteiger partial charge < -0.3 is 4.74 Å². The van der Waals surface area contributed by atoms with Crippen molar-refractivity contribution in [3.63, 3.8) is 0 Å². The van der Waals surface area contributed by atoms with Crippen LogP contribution >= 0.6 is 22.7 Å². The van der Waals surface area contributed by atoms with E-state index in [9.17, 15) is 9.59 Å². The minimum atomic E-state index is -0.366. The summed E-state index contributed by atoms with van der Waals surface area (Å²) in [6.07, 6.45) is 1.67. The Kier molecular flexibility index (Phi) is 5.37. The first-order valence-electron chi connectivity index (χ1n) is 7.77. The first-order chi connectivity index (χ1) is 11.7. The van der Waals surface area contributed by atoms with E-state index in [1.54, 1.807) is 17.4 Å². The largest absolute Gasteiger partial charge is 0.457 e. The van der Waals surface area contributed by atoms with Crippen molar-refractivity contribution in [1.82, 2.24) is 4.98 Å². The van der Waals surface area contributed by atoms with E-state index in [1.807, 2.05) is 37.3 Å². The highest BCUT2D eigenvalue weighted by atomic mass is 32.1. The van der Waals surface area contributed by atoms with Gasteiger partial charge in [0.2, 0.25) is 5.78 Å². The molecule has 1 aromatic carbocycles. The van der Waals surface area contributed by atoms with Crippen LogP contribution in [0.5, 0.6) is 0 Å². The molecule has 0 aliphatic rings. The molecule has 2 heterocycles. The maximum atomic E-state index is 12.0. The molecule has 24 heavy (non-hydrogen) atoms. The van der Waals surface area contributed by atoms with Crippen molar-refractivity contribution in [2.24, 2.45) is 0 Å². The Balaban J connectivity index is 1.47. The molecule has 0 saturated heterocycles. The molecule has 0 saturated carbocycles. The van der Waals surface area contributed by atoms with Crippen LogP contribution < -0.4 is 0 Å². The number of thiophene rings is 1. The maximum Gasteiger partial charge on any atom is 0.306 e. The van der Waals surface area contributed by atoms with Crippen molar-refractivity contribution in [3.05, 3.63) is 51.2 Å². The molecule has 124 valence electrons. The predicted octanol–water partition coefficient (Wildman–Crippen LogP) is 4.28. The van der Waals surface area contributed by atoms with E-state index in [1.165, 1.54) is 11.3 Å². The minimum absolute atomic E-state index is 0.145. The lowest BCUT2D eigenvalue weighted by molar-refractivity contribution is -0.142. The van der Waals surface area contributed by atoms with Crippen LogP contribution in [-0.2, 0) is 22.4 Å². The molecule has 0 amide bonds. The number of carbonyl (C=O) groups excluding carboxylic acids is 2. The number of aromatic nitrogens is 1. The number of esters is 1. The maximum absolute atomic E-state index is 12.0. The average Bonchev–Trinajstić information content (AvgIpc) is 3.23. The number of para-hydroxylation sites is 1. The summed E-state index contributed by atoms with van der Waals surface area (Å²) in [5, 5.41) is 0.908. The molecule has 6 heteroatoms. The topological polar surface area (TPSA) is 56.3 Å². The Hall–Kier alpha value is -2.05. The van der Waals surface area contributed by atoms with Crippen LogP contribution in [0.2, 0.25) is 0 Å². The third-order valence-corrected chi connectivity index (χ3v) is 5.90. The van der Waals surface area contributed by atoms with Crippen LogP contribution in [0.1, 0.15) is 32.9 Å². The molecular formula is C18H17NO3S2. The van der Waals surface area contributed by atoms with E-state index < -0.39 is 0 Å². The standard InChI is InChI=1S/C18H17NO3S2/c1-2-12-7-8-16(23-12)14(20)11-22-18(21)10-9-17-19-13-5-3-4-6-15(13)24-17/h3-8H,2,9-11H2,1H3. The van der Waals surface area contributed by atoms with E-state index in [4.69, 9.17) is 4.74 Å². The van der Waals surface area contributed by atoms with Gasteiger partial charge in [-0.2, -0.15) is 0 Å². The Morgan fingerprint density at radius 1 is 1.12 bits per heavy atom. The number of nitrogens with zero attached hydrogens (tertiary/aromatic N) is 1. The highest BCUT2D eigenvalue weighted by molar-refractivity contribution is 7.18. The quantitative estimate of drug-likeness (QED) is 0.467. The average molecular weight is 359 g/mol. The minimum Gasteiger partial charge on any atom is -0.457 e. The van der Waals surface area contributed by atoms with Gasteiger partial charge in [-0.25, -0.2) is 4.98 Å². The normalized spacial score (nSPS) is 10.9. The Morgan fingerprint density at radius 3 is 2.71 bits per heavy atom. The molecule has 2 aromatic heterocycles. The number of Topliss-reactive ketones (excluding diaryl/α,β-unsaturated/α-hetero) is 1. The molecule has 0 unspecified atom stereocenters. The van der Waals surface area contributed by atoms with Crippen LogP contribution in [0.4, 0.5) is 0 Å². The molecule has 0 spiro atoms. The van der Waals surface area contributed by atoms with Gasteiger partial charge in [0, 0.05) is 11.3 Å². The van der Waals surface area contributed by atoms with Crippen molar-refractivity contribution >= 4 is 44.6 Å². The van der Waals surface area contributed by atoms with Crippen molar-refractivity contribution in [1.29, 1.82) is 0 Å². The van der Waals surface area contributed by atoms with Crippen LogP contribution in [0.15, 0.2) is 36.4 Å². The number of hydrogen-bond acceptors (Lipinski definition) is 6. The van der Waals surface area contributed by atoms with Gasteiger partial charge in [0.25, 0.3) is 0 Å². The number of rotatable bonds is 7. The number of hydrogen-bond donors (Lipinski definition) is 0. The third-order valence-electron chi connectivity index (χ3n) is 3.53. The molecule has 0 N–H and O–H groups in total. The monoisotopic (exact) mass is 359 g/mol. The number of benzene rings is 1. The Labute approximate surface area is 148 Å². The molecule has 3 rings (SSSR count). The number of ether oxygens (including phenoxy) is 1. The molecule has 0 aliphatic carbocycles. The predicted molar refractivity (Wildman–Crippen MR) is 96.9 cm³/mol. The van der Waals surface area contributed by atoms with Gasteiger partial charge in [0.1, 0.15) is 0 Å². The zero-order valence-electron chi connectivity index (χ0n) is 13.3. The Morgan fingerprint density at radius 2 is 1.96 bits per heavy atom. The number of carbonyl (C=O) groups is 2. The molecule has 0 radical (unpaired) electrons. The number of thiazole rings is 1. The Bertz CT molecular complexity index is 833. The number of fused-ring (bicyclic) bond motifs is 1. The SMILES string of the molecule is CCc1ccc(C(=O)COC(=O)CCc2nc3ccccc3s2)s1. The summed E-state index contributed by atoms with van der Waals surface area (Å²) >= 11 is 3.04. The lowest BCUT2D eigenvalue weighted by atomic mass is 10.3. The third kappa shape index (κ3) is 4.07. The summed E-state index contributed by atoms with van der Waals surface area (Å²) in [5.74, 6) is -0.511. The second-order valence-electron chi connectivity index (χ2n) is 5.28. The molecule has 0 bridgehead atoms. The fourth-order valence-corrected chi connectivity index (χ4v) is 4.08. The first kappa shape index (κ1) is 16.8. The summed E-state index contributed by atoms with van der Waals surface area (Å²) in [5.41, 5.74) is 0.950. The molecule has 0 fully saturated rings. The molecular weight excluding hydrogens is 342 g/mol. The zero-order chi connectivity index (χ0) is 16.9. The van der Waals surface area contributed by atoms with E-state index in [2.05, 4.69) is 4.98 Å². The van der Waals surface area contributed by atoms with E-state index in [0.29, 0.717) is 11.3 Å². The van der Waals surface area contributed by atoms with Crippen LogP contribution in [0.25, 0.3) is 10.2 Å². The van der Waals surface area contributed by atoms with Gasteiger partial charge in [-0.15, -0.1) is 22.7 Å². The van der Waals surface area contributed by atoms with Gasteiger partial charge in [-0.05, 0) is 30.7 Å². The fourth-order valence-electron chi connectivity index (χ4n) is 2.24. The molecule has 3 aromatic rings. The highest BCUT2D eigenvalue weighted by Gasteiger charge is 2.13. The van der Waals surface area contributed by atoms with Crippen molar-refractivity contribution in [2.45, 2.75) is 26.2 Å². The lowest BCUT2D eigenvalue weighted by Crippen LogP contribution is -2.13. The first-order valence-corrected chi connectivity index (χ1v) is 9.41. The smallest absolute Gasteiger partial charge is 0.306 e. The highest BCUT2D eigenvalue weighted by Crippen LogP contribution is 2.22. The van der Waals surface area contributed by atoms with Crippen molar-refractivity contribution in [3.8, 4) is 0 Å². The summed E-state index contributed by atoms with van der Waals surface area (Å²) < 4.78 is 6.20. The van der Waals surface area contributed by atoms with Crippen LogP contribution in [0, 0.1) is 0 Å². The number of ketones is 1. The molecule has 0 aliphatic heterocycles. The van der Waals surface area contributed by atoms with Crippen LogP contribution in [0.3, 0.4) is 0 Å². The van der Waals surface area contributed by atoms with Crippen LogP contribution in [-0.4, -0.2) is 23.3 Å². The molecule has 4 nitrogen and oxygen atoms in total. The van der Waals surface area contributed by atoms with Gasteiger partial charge in [0.15, 0.2) is 6.61 Å². The molecule has 0 atom stereocenters. The van der Waals surface area contributed by atoms with Crippen molar-refractivity contribution < 1.29 is 14.3 Å². The summed E-state index contributed by atoms with van der Waals surface area (Å²) in [6, 6.07) is 11.6.